The van der Waals surface area contributed by atoms with Crippen molar-refractivity contribution in [3.63, 3.8) is 0 Å². The molecular formula is C14H21NO. The molecule has 0 aromatic heterocycles. The number of hydrogen-bond donors (Lipinski definition) is 1. The van der Waals surface area contributed by atoms with E-state index in [0.29, 0.717) is 13.0 Å². The van der Waals surface area contributed by atoms with Crippen molar-refractivity contribution in [1.29, 1.82) is 0 Å². The van der Waals surface area contributed by atoms with Crippen molar-refractivity contribution in [2.24, 2.45) is 0 Å². The summed E-state index contributed by atoms with van der Waals surface area (Å²) in [7, 11) is 0. The molecule has 0 aliphatic heterocycles. The van der Waals surface area contributed by atoms with E-state index < -0.39 is 0 Å². The van der Waals surface area contributed by atoms with Gasteiger partial charge in [-0.1, -0.05) is 39.0 Å². The highest BCUT2D eigenvalue weighted by Crippen LogP contribution is 2.13. The van der Waals surface area contributed by atoms with Crippen molar-refractivity contribution in [1.82, 2.24) is 5.32 Å². The van der Waals surface area contributed by atoms with E-state index in [9.17, 15) is 4.79 Å². The summed E-state index contributed by atoms with van der Waals surface area (Å²) in [5.41, 5.74) is 4.00. The first-order valence-electron chi connectivity index (χ1n) is 6.08. The zero-order chi connectivity index (χ0) is 12.0. The molecule has 0 fully saturated rings. The maximum atomic E-state index is 11.2. The molecule has 88 valence electrons. The van der Waals surface area contributed by atoms with Gasteiger partial charge >= 0.3 is 0 Å². The van der Waals surface area contributed by atoms with Crippen LogP contribution in [-0.2, 0) is 24.2 Å². The minimum atomic E-state index is 0.109. The molecule has 0 bridgehead atoms. The third-order valence-corrected chi connectivity index (χ3v) is 2.84. The SMILES string of the molecule is CCC(=O)NCc1ccc(CC)c(CC)c1. The van der Waals surface area contributed by atoms with Crippen molar-refractivity contribution in [2.75, 3.05) is 0 Å². The third kappa shape index (κ3) is 3.37. The summed E-state index contributed by atoms with van der Waals surface area (Å²) in [5.74, 6) is 0.109. The highest BCUT2D eigenvalue weighted by atomic mass is 16.1. The smallest absolute Gasteiger partial charge is 0.219 e. The molecule has 0 spiro atoms. The zero-order valence-electron chi connectivity index (χ0n) is 10.5. The van der Waals surface area contributed by atoms with E-state index >= 15 is 0 Å². The lowest BCUT2D eigenvalue weighted by Crippen LogP contribution is -2.21. The summed E-state index contributed by atoms with van der Waals surface area (Å²) >= 11 is 0. The van der Waals surface area contributed by atoms with E-state index in [1.165, 1.54) is 16.7 Å². The summed E-state index contributed by atoms with van der Waals surface area (Å²) in [5, 5.41) is 2.90. The van der Waals surface area contributed by atoms with E-state index in [0.717, 1.165) is 12.8 Å². The Morgan fingerprint density at radius 2 is 1.81 bits per heavy atom. The second-order valence-electron chi connectivity index (χ2n) is 3.94. The van der Waals surface area contributed by atoms with Gasteiger partial charge in [0.05, 0.1) is 0 Å². The van der Waals surface area contributed by atoms with E-state index in [-0.39, 0.29) is 5.91 Å². The Balaban J connectivity index is 2.71. The number of aryl methyl sites for hydroxylation is 2. The molecule has 1 rings (SSSR count). The second kappa shape index (κ2) is 6.31. The number of rotatable bonds is 5. The van der Waals surface area contributed by atoms with Crippen LogP contribution in [0.5, 0.6) is 0 Å². The van der Waals surface area contributed by atoms with Gasteiger partial charge in [0.2, 0.25) is 5.91 Å². The van der Waals surface area contributed by atoms with Gasteiger partial charge in [-0.05, 0) is 29.5 Å². The Kier molecular flexibility index (Phi) is 5.03. The quantitative estimate of drug-likeness (QED) is 0.810. The van der Waals surface area contributed by atoms with Crippen molar-refractivity contribution in [3.05, 3.63) is 34.9 Å². The second-order valence-corrected chi connectivity index (χ2v) is 3.94. The molecule has 1 amide bonds. The average molecular weight is 219 g/mol. The van der Waals surface area contributed by atoms with Crippen LogP contribution in [0.4, 0.5) is 0 Å². The van der Waals surface area contributed by atoms with Gasteiger partial charge in [0.15, 0.2) is 0 Å². The lowest BCUT2D eigenvalue weighted by molar-refractivity contribution is -0.120. The van der Waals surface area contributed by atoms with Gasteiger partial charge in [-0.15, -0.1) is 0 Å². The predicted octanol–water partition coefficient (Wildman–Crippen LogP) is 2.84. The molecule has 0 aliphatic rings. The number of carbonyl (C=O) groups excluding carboxylic acids is 1. The summed E-state index contributed by atoms with van der Waals surface area (Å²) < 4.78 is 0. The van der Waals surface area contributed by atoms with Crippen molar-refractivity contribution < 1.29 is 4.79 Å². The fourth-order valence-electron chi connectivity index (χ4n) is 1.79. The Morgan fingerprint density at radius 1 is 1.12 bits per heavy atom. The monoisotopic (exact) mass is 219 g/mol. The Hall–Kier alpha value is -1.31. The van der Waals surface area contributed by atoms with Gasteiger partial charge in [-0.25, -0.2) is 0 Å². The molecule has 0 radical (unpaired) electrons. The first-order chi connectivity index (χ1) is 7.71. The van der Waals surface area contributed by atoms with Gasteiger partial charge in [0.1, 0.15) is 0 Å². The Morgan fingerprint density at radius 3 is 2.38 bits per heavy atom. The van der Waals surface area contributed by atoms with Gasteiger partial charge in [0.25, 0.3) is 0 Å². The number of amides is 1. The van der Waals surface area contributed by atoms with Gasteiger partial charge in [0, 0.05) is 13.0 Å². The van der Waals surface area contributed by atoms with Gasteiger partial charge in [-0.2, -0.15) is 0 Å². The van der Waals surface area contributed by atoms with Gasteiger partial charge < -0.3 is 5.32 Å². The maximum absolute atomic E-state index is 11.2. The molecule has 2 nitrogen and oxygen atoms in total. The van der Waals surface area contributed by atoms with E-state index in [2.05, 4.69) is 37.4 Å². The van der Waals surface area contributed by atoms with Crippen LogP contribution in [0.3, 0.4) is 0 Å². The highest BCUT2D eigenvalue weighted by molar-refractivity contribution is 5.75. The predicted molar refractivity (Wildman–Crippen MR) is 67.3 cm³/mol. The van der Waals surface area contributed by atoms with E-state index in [1.807, 2.05) is 6.92 Å². The van der Waals surface area contributed by atoms with E-state index in [4.69, 9.17) is 0 Å². The minimum Gasteiger partial charge on any atom is -0.352 e. The summed E-state index contributed by atoms with van der Waals surface area (Å²) in [6.45, 7) is 6.85. The van der Waals surface area contributed by atoms with Crippen LogP contribution >= 0.6 is 0 Å². The first kappa shape index (κ1) is 12.8. The van der Waals surface area contributed by atoms with Crippen LogP contribution in [0.15, 0.2) is 18.2 Å². The summed E-state index contributed by atoms with van der Waals surface area (Å²) in [6.07, 6.45) is 2.68. The zero-order valence-corrected chi connectivity index (χ0v) is 10.5. The molecule has 0 saturated carbocycles. The number of carbonyl (C=O) groups is 1. The topological polar surface area (TPSA) is 29.1 Å². The maximum Gasteiger partial charge on any atom is 0.219 e. The molecule has 0 saturated heterocycles. The molecule has 1 N–H and O–H groups in total. The number of nitrogens with one attached hydrogen (secondary N) is 1. The molecule has 0 unspecified atom stereocenters. The van der Waals surface area contributed by atoms with Crippen LogP contribution in [0.2, 0.25) is 0 Å². The standard InChI is InChI=1S/C14H21NO/c1-4-12-8-7-11(9-13(12)5-2)10-15-14(16)6-3/h7-9H,4-6,10H2,1-3H3,(H,15,16). The van der Waals surface area contributed by atoms with Crippen LogP contribution < -0.4 is 5.32 Å². The molecule has 2 heteroatoms. The van der Waals surface area contributed by atoms with Crippen molar-refractivity contribution in [3.8, 4) is 0 Å². The average Bonchev–Trinajstić information content (AvgIpc) is 2.35. The van der Waals surface area contributed by atoms with Crippen molar-refractivity contribution >= 4 is 5.91 Å². The number of hydrogen-bond acceptors (Lipinski definition) is 1. The van der Waals surface area contributed by atoms with Crippen molar-refractivity contribution in [2.45, 2.75) is 46.6 Å². The Bertz CT molecular complexity index is 358. The molecule has 1 aromatic carbocycles. The fourth-order valence-corrected chi connectivity index (χ4v) is 1.79. The molecular weight excluding hydrogens is 198 g/mol. The number of benzene rings is 1. The minimum absolute atomic E-state index is 0.109. The molecule has 0 heterocycles. The fraction of sp³-hybridized carbons (Fsp3) is 0.500. The molecule has 1 aromatic rings. The normalized spacial score (nSPS) is 10.2. The largest absolute Gasteiger partial charge is 0.352 e. The lowest BCUT2D eigenvalue weighted by Gasteiger charge is -2.09. The summed E-state index contributed by atoms with van der Waals surface area (Å²) in [4.78, 5) is 11.2. The molecule has 16 heavy (non-hydrogen) atoms. The molecule has 0 aliphatic carbocycles. The van der Waals surface area contributed by atoms with Gasteiger partial charge in [-0.3, -0.25) is 4.79 Å². The van der Waals surface area contributed by atoms with Crippen LogP contribution in [0.25, 0.3) is 0 Å². The van der Waals surface area contributed by atoms with Crippen LogP contribution in [-0.4, -0.2) is 5.91 Å². The summed E-state index contributed by atoms with van der Waals surface area (Å²) in [6, 6.07) is 6.48. The highest BCUT2D eigenvalue weighted by Gasteiger charge is 2.02. The van der Waals surface area contributed by atoms with E-state index in [1.54, 1.807) is 0 Å². The molecule has 0 atom stereocenters. The third-order valence-electron chi connectivity index (χ3n) is 2.84. The lowest BCUT2D eigenvalue weighted by atomic mass is 10.00. The first-order valence-corrected chi connectivity index (χ1v) is 6.08. The van der Waals surface area contributed by atoms with Crippen LogP contribution in [0, 0.1) is 0 Å². The van der Waals surface area contributed by atoms with Crippen LogP contribution in [0.1, 0.15) is 43.9 Å². The Labute approximate surface area is 98.1 Å².